The fourth-order valence-corrected chi connectivity index (χ4v) is 5.03. The summed E-state index contributed by atoms with van der Waals surface area (Å²) in [5.74, 6) is 0. The Morgan fingerprint density at radius 3 is 2.69 bits per heavy atom. The lowest BCUT2D eigenvalue weighted by Gasteiger charge is -2.11. The molecule has 0 N–H and O–H groups in total. The molecular weight excluding hydrogens is 486 g/mol. The lowest BCUT2D eigenvalue weighted by Crippen LogP contribution is -1.94. The molecule has 1 heterocycles. The molecule has 0 aliphatic carbocycles. The Morgan fingerprint density at radius 2 is 2.06 bits per heavy atom. The minimum absolute atomic E-state index is 0.157. The summed E-state index contributed by atoms with van der Waals surface area (Å²) in [6, 6.07) is 8.19. The monoisotopic (exact) mass is 490 g/mol. The average Bonchev–Trinajstić information content (AvgIpc) is 2.67. The summed E-state index contributed by atoms with van der Waals surface area (Å²) in [6.07, 6.45) is 0. The van der Waals surface area contributed by atoms with Crippen molar-refractivity contribution in [1.82, 2.24) is 0 Å². The van der Waals surface area contributed by atoms with Crippen molar-refractivity contribution in [2.75, 3.05) is 0 Å². The number of hydrogen-bond acceptors (Lipinski definition) is 1. The molecular formula is C11H6Br2ClIS. The van der Waals surface area contributed by atoms with E-state index in [0.717, 1.165) is 14.4 Å². The molecule has 0 nitrogen and oxygen atoms in total. The minimum Gasteiger partial charge on any atom is -0.146 e. The van der Waals surface area contributed by atoms with Crippen LogP contribution in [0, 0.1) is 3.57 Å². The van der Waals surface area contributed by atoms with Crippen molar-refractivity contribution in [3.8, 4) is 0 Å². The average molecular weight is 492 g/mol. The highest BCUT2D eigenvalue weighted by atomic mass is 127. The molecule has 5 heteroatoms. The second-order valence-corrected chi connectivity index (χ2v) is 7.51. The predicted octanol–water partition coefficient (Wildman–Crippen LogP) is 6.25. The van der Waals surface area contributed by atoms with Gasteiger partial charge in [0, 0.05) is 12.9 Å². The third kappa shape index (κ3) is 2.83. The van der Waals surface area contributed by atoms with E-state index in [1.165, 1.54) is 9.13 Å². The van der Waals surface area contributed by atoms with Gasteiger partial charge in [-0.1, -0.05) is 43.5 Å². The lowest BCUT2D eigenvalue weighted by atomic mass is 10.1. The standard InChI is InChI=1S/C11H6Br2ClIS/c12-6-1-2-9(15)7(5-6)10(13)11-8(14)3-4-16-11/h1-5,10H. The molecule has 84 valence electrons. The van der Waals surface area contributed by atoms with Crippen LogP contribution in [-0.4, -0.2) is 0 Å². The lowest BCUT2D eigenvalue weighted by molar-refractivity contribution is 1.20. The van der Waals surface area contributed by atoms with Crippen LogP contribution in [-0.2, 0) is 0 Å². The second kappa shape index (κ2) is 5.69. The van der Waals surface area contributed by atoms with Crippen molar-refractivity contribution in [3.63, 3.8) is 0 Å². The highest BCUT2D eigenvalue weighted by Gasteiger charge is 2.17. The molecule has 1 atom stereocenters. The third-order valence-corrected chi connectivity index (χ3v) is 6.26. The van der Waals surface area contributed by atoms with E-state index in [0.29, 0.717) is 0 Å². The van der Waals surface area contributed by atoms with Gasteiger partial charge in [0.1, 0.15) is 0 Å². The molecule has 0 spiro atoms. The molecule has 2 rings (SSSR count). The maximum Gasteiger partial charge on any atom is 0.0763 e. The summed E-state index contributed by atoms with van der Waals surface area (Å²) in [4.78, 5) is 1.31. The fraction of sp³-hybridized carbons (Fsp3) is 0.0909. The number of thiophene rings is 1. The van der Waals surface area contributed by atoms with Gasteiger partial charge in [0.2, 0.25) is 0 Å². The van der Waals surface area contributed by atoms with Crippen molar-refractivity contribution in [2.24, 2.45) is 0 Å². The van der Waals surface area contributed by atoms with E-state index >= 15 is 0 Å². The van der Waals surface area contributed by atoms with Crippen molar-refractivity contribution in [1.29, 1.82) is 0 Å². The van der Waals surface area contributed by atoms with Gasteiger partial charge in [0.15, 0.2) is 0 Å². The van der Waals surface area contributed by atoms with Gasteiger partial charge in [-0.05, 0) is 57.8 Å². The zero-order chi connectivity index (χ0) is 11.7. The van der Waals surface area contributed by atoms with Gasteiger partial charge in [0.25, 0.3) is 0 Å². The first-order valence-corrected chi connectivity index (χ1v) is 8.46. The molecule has 0 aliphatic rings. The number of alkyl halides is 1. The first kappa shape index (κ1) is 13.3. The van der Waals surface area contributed by atoms with Crippen LogP contribution < -0.4 is 0 Å². The van der Waals surface area contributed by atoms with Crippen molar-refractivity contribution in [3.05, 3.63) is 53.2 Å². The number of halogens is 4. The van der Waals surface area contributed by atoms with Gasteiger partial charge in [-0.3, -0.25) is 0 Å². The first-order chi connectivity index (χ1) is 7.59. The van der Waals surface area contributed by atoms with Crippen LogP contribution >= 0.6 is 77.4 Å². The zero-order valence-corrected chi connectivity index (χ0v) is 14.8. The van der Waals surface area contributed by atoms with Gasteiger partial charge < -0.3 is 0 Å². The molecule has 0 fully saturated rings. The molecule has 16 heavy (non-hydrogen) atoms. The van der Waals surface area contributed by atoms with Gasteiger partial charge in [-0.15, -0.1) is 11.3 Å². The summed E-state index contributed by atoms with van der Waals surface area (Å²) in [6.45, 7) is 0. The molecule has 0 saturated carbocycles. The molecule has 2 aromatic rings. The van der Waals surface area contributed by atoms with Crippen molar-refractivity contribution >= 4 is 77.4 Å². The maximum absolute atomic E-state index is 6.14. The quantitative estimate of drug-likeness (QED) is 0.343. The highest BCUT2D eigenvalue weighted by Crippen LogP contribution is 2.40. The molecule has 0 bridgehead atoms. The summed E-state index contributed by atoms with van der Waals surface area (Å²) < 4.78 is 2.31. The molecule has 0 aliphatic heterocycles. The normalized spacial score (nSPS) is 12.8. The fourth-order valence-electron chi connectivity index (χ4n) is 1.34. The zero-order valence-electron chi connectivity index (χ0n) is 7.88. The van der Waals surface area contributed by atoms with E-state index in [2.05, 4.69) is 66.6 Å². The van der Waals surface area contributed by atoms with Gasteiger partial charge >= 0.3 is 0 Å². The second-order valence-electron chi connectivity index (χ2n) is 3.16. The molecule has 1 aromatic heterocycles. The van der Waals surface area contributed by atoms with E-state index in [9.17, 15) is 0 Å². The summed E-state index contributed by atoms with van der Waals surface area (Å²) in [7, 11) is 0. The van der Waals surface area contributed by atoms with Crippen LogP contribution in [0.1, 0.15) is 15.3 Å². The van der Waals surface area contributed by atoms with Crippen molar-refractivity contribution < 1.29 is 0 Å². The van der Waals surface area contributed by atoms with E-state index in [1.807, 2.05) is 17.5 Å². The van der Waals surface area contributed by atoms with E-state index in [-0.39, 0.29) is 4.83 Å². The molecule has 1 unspecified atom stereocenters. The predicted molar refractivity (Wildman–Crippen MR) is 87.0 cm³/mol. The SMILES string of the molecule is Clc1ccsc1C(Br)c1cc(Br)ccc1I. The van der Waals surface area contributed by atoms with Gasteiger partial charge in [0.05, 0.1) is 9.85 Å². The topological polar surface area (TPSA) is 0 Å². The summed E-state index contributed by atoms with van der Waals surface area (Å²) >= 11 is 17.4. The largest absolute Gasteiger partial charge is 0.146 e. The summed E-state index contributed by atoms with van der Waals surface area (Å²) in [5, 5.41) is 2.83. The van der Waals surface area contributed by atoms with Gasteiger partial charge in [-0.2, -0.15) is 0 Å². The van der Waals surface area contributed by atoms with Crippen molar-refractivity contribution in [2.45, 2.75) is 4.83 Å². The first-order valence-electron chi connectivity index (χ1n) is 4.41. The maximum atomic E-state index is 6.14. The Hall–Kier alpha value is 0.900. The van der Waals surface area contributed by atoms with Crippen LogP contribution in [0.2, 0.25) is 5.02 Å². The smallest absolute Gasteiger partial charge is 0.0763 e. The van der Waals surface area contributed by atoms with E-state index in [4.69, 9.17) is 11.6 Å². The van der Waals surface area contributed by atoms with Crippen LogP contribution in [0.15, 0.2) is 34.1 Å². The van der Waals surface area contributed by atoms with Crippen LogP contribution in [0.25, 0.3) is 0 Å². The minimum atomic E-state index is 0.157. The Labute approximate surface area is 134 Å². The Balaban J connectivity index is 2.45. The molecule has 0 radical (unpaired) electrons. The van der Waals surface area contributed by atoms with E-state index < -0.39 is 0 Å². The number of hydrogen-bond donors (Lipinski definition) is 0. The molecule has 1 aromatic carbocycles. The third-order valence-electron chi connectivity index (χ3n) is 2.11. The molecule has 0 saturated heterocycles. The Kier molecular flexibility index (Phi) is 4.74. The Bertz CT molecular complexity index is 512. The number of rotatable bonds is 2. The van der Waals surface area contributed by atoms with Crippen LogP contribution in [0.4, 0.5) is 0 Å². The number of benzene rings is 1. The van der Waals surface area contributed by atoms with Crippen LogP contribution in [0.5, 0.6) is 0 Å². The van der Waals surface area contributed by atoms with Gasteiger partial charge in [-0.25, -0.2) is 0 Å². The summed E-state index contributed by atoms with van der Waals surface area (Å²) in [5.41, 5.74) is 1.24. The van der Waals surface area contributed by atoms with Crippen LogP contribution in [0.3, 0.4) is 0 Å². The van der Waals surface area contributed by atoms with E-state index in [1.54, 1.807) is 11.3 Å². The highest BCUT2D eigenvalue weighted by molar-refractivity contribution is 14.1. The molecule has 0 amide bonds. The Morgan fingerprint density at radius 1 is 1.31 bits per heavy atom.